The second-order valence-corrected chi connectivity index (χ2v) is 5.83. The normalized spacial score (nSPS) is 27.8. The van der Waals surface area contributed by atoms with Crippen LogP contribution in [-0.2, 0) is 9.09 Å². The van der Waals surface area contributed by atoms with Gasteiger partial charge in [-0.15, -0.1) is 11.6 Å². The Morgan fingerprint density at radius 2 is 2.38 bits per heavy atom. The minimum absolute atomic E-state index is 0.0177. The lowest BCUT2D eigenvalue weighted by Crippen LogP contribution is -2.04. The van der Waals surface area contributed by atoms with Crippen molar-refractivity contribution in [1.29, 1.82) is 0 Å². The van der Waals surface area contributed by atoms with Crippen molar-refractivity contribution in [3.8, 4) is 0 Å². The Hall–Kier alpha value is -0.910. The van der Waals surface area contributed by atoms with E-state index >= 15 is 0 Å². The van der Waals surface area contributed by atoms with Crippen molar-refractivity contribution in [2.75, 3.05) is 18.6 Å². The monoisotopic (exact) mass is 268 g/mol. The maximum atomic E-state index is 12.1. The highest BCUT2D eigenvalue weighted by atomic mass is 35.5. The van der Waals surface area contributed by atoms with Crippen molar-refractivity contribution in [3.63, 3.8) is 0 Å². The molecule has 0 radical (unpaired) electrons. The Labute approximate surface area is 96.3 Å². The fraction of sp³-hybridized carbons (Fsp3) is 0.571. The van der Waals surface area contributed by atoms with Crippen molar-refractivity contribution in [1.82, 2.24) is 0 Å². The van der Waals surface area contributed by atoms with Gasteiger partial charge in [0.15, 0.2) is 5.45 Å². The summed E-state index contributed by atoms with van der Waals surface area (Å²) in [6.07, 6.45) is -0.359. The van der Waals surface area contributed by atoms with Crippen molar-refractivity contribution in [2.45, 2.75) is 6.92 Å². The van der Waals surface area contributed by atoms with Crippen molar-refractivity contribution in [2.24, 2.45) is 5.16 Å². The van der Waals surface area contributed by atoms with E-state index in [0.717, 1.165) is 0 Å². The van der Waals surface area contributed by atoms with Gasteiger partial charge in [0.1, 0.15) is 6.16 Å². The molecule has 0 aromatic rings. The standard InChI is InChI=1S/C7H10ClN2O5P/c1-5-6(10(12)13)4-16(14,7(5)9-11)15-3-2-8/h11H,2-4H2,1H3. The molecule has 1 heterocycles. The molecule has 1 atom stereocenters. The molecule has 0 aromatic carbocycles. The summed E-state index contributed by atoms with van der Waals surface area (Å²) in [7, 11) is -3.46. The number of nitrogens with zero attached hydrogens (tertiary/aromatic N) is 2. The van der Waals surface area contributed by atoms with Crippen molar-refractivity contribution < 1.29 is 19.2 Å². The Kier molecular flexibility index (Phi) is 4.07. The van der Waals surface area contributed by atoms with Gasteiger partial charge in [0.05, 0.1) is 17.1 Å². The fourth-order valence-electron chi connectivity index (χ4n) is 1.40. The minimum atomic E-state index is -3.46. The largest absolute Gasteiger partial charge is 0.410 e. The molecule has 1 unspecified atom stereocenters. The second-order valence-electron chi connectivity index (χ2n) is 3.11. The van der Waals surface area contributed by atoms with Gasteiger partial charge in [-0.3, -0.25) is 14.7 Å². The van der Waals surface area contributed by atoms with Gasteiger partial charge in [-0.1, -0.05) is 5.16 Å². The Morgan fingerprint density at radius 1 is 1.75 bits per heavy atom. The van der Waals surface area contributed by atoms with Gasteiger partial charge in [0, 0.05) is 5.88 Å². The molecule has 0 saturated heterocycles. The van der Waals surface area contributed by atoms with Crippen molar-refractivity contribution in [3.05, 3.63) is 21.4 Å². The highest BCUT2D eigenvalue weighted by Gasteiger charge is 2.46. The first-order valence-electron chi connectivity index (χ1n) is 4.33. The van der Waals surface area contributed by atoms with Crippen LogP contribution in [0.1, 0.15) is 6.92 Å². The van der Waals surface area contributed by atoms with Gasteiger partial charge in [-0.25, -0.2) is 0 Å². The molecule has 1 aliphatic heterocycles. The van der Waals surface area contributed by atoms with Crippen LogP contribution >= 0.6 is 19.0 Å². The van der Waals surface area contributed by atoms with E-state index in [1.807, 2.05) is 0 Å². The number of nitro groups is 1. The minimum Gasteiger partial charge on any atom is -0.410 e. The predicted molar refractivity (Wildman–Crippen MR) is 58.1 cm³/mol. The lowest BCUT2D eigenvalue weighted by atomic mass is 10.3. The smallest absolute Gasteiger partial charge is 0.264 e. The van der Waals surface area contributed by atoms with Gasteiger partial charge in [-0.2, -0.15) is 0 Å². The van der Waals surface area contributed by atoms with Crippen LogP contribution in [0.2, 0.25) is 0 Å². The molecule has 7 nitrogen and oxygen atoms in total. The topological polar surface area (TPSA) is 102 Å². The van der Waals surface area contributed by atoms with E-state index in [1.54, 1.807) is 0 Å². The van der Waals surface area contributed by atoms with E-state index in [0.29, 0.717) is 0 Å². The number of alkyl halides is 1. The van der Waals surface area contributed by atoms with E-state index in [-0.39, 0.29) is 35.4 Å². The maximum absolute atomic E-state index is 12.1. The number of hydrogen-bond acceptors (Lipinski definition) is 6. The van der Waals surface area contributed by atoms with E-state index < -0.39 is 12.3 Å². The average molecular weight is 269 g/mol. The summed E-state index contributed by atoms with van der Waals surface area (Å²) in [5.41, 5.74) is -0.402. The number of rotatable bonds is 4. The van der Waals surface area contributed by atoms with Gasteiger partial charge in [-0.05, 0) is 6.92 Å². The zero-order valence-electron chi connectivity index (χ0n) is 8.42. The number of hydrogen-bond donors (Lipinski definition) is 1. The molecule has 0 saturated carbocycles. The molecule has 0 spiro atoms. The Morgan fingerprint density at radius 3 is 2.81 bits per heavy atom. The Balaban J connectivity index is 3.05. The van der Waals surface area contributed by atoms with Crippen molar-refractivity contribution >= 4 is 24.4 Å². The molecule has 1 aliphatic rings. The molecule has 9 heteroatoms. The third-order valence-corrected chi connectivity index (χ3v) is 4.68. The molecule has 1 N–H and O–H groups in total. The molecule has 1 rings (SSSR count). The second kappa shape index (κ2) is 4.95. The quantitative estimate of drug-likeness (QED) is 0.276. The van der Waals surface area contributed by atoms with Crippen LogP contribution in [0.3, 0.4) is 0 Å². The molecule has 16 heavy (non-hydrogen) atoms. The summed E-state index contributed by atoms with van der Waals surface area (Å²) >= 11 is 5.37. The van der Waals surface area contributed by atoms with Gasteiger partial charge < -0.3 is 9.73 Å². The van der Waals surface area contributed by atoms with Gasteiger partial charge in [0.2, 0.25) is 0 Å². The lowest BCUT2D eigenvalue weighted by Gasteiger charge is -2.10. The number of allylic oxidation sites excluding steroid dienone is 2. The lowest BCUT2D eigenvalue weighted by molar-refractivity contribution is -0.424. The molecular formula is C7H10ClN2O5P. The molecule has 0 aliphatic carbocycles. The first-order chi connectivity index (χ1) is 7.46. The summed E-state index contributed by atoms with van der Waals surface area (Å²) in [4.78, 5) is 9.99. The first-order valence-corrected chi connectivity index (χ1v) is 6.67. The van der Waals surface area contributed by atoms with Gasteiger partial charge in [0.25, 0.3) is 13.1 Å². The van der Waals surface area contributed by atoms with Gasteiger partial charge >= 0.3 is 0 Å². The third kappa shape index (κ3) is 2.26. The summed E-state index contributed by atoms with van der Waals surface area (Å²) in [5, 5.41) is 22.2. The van der Waals surface area contributed by atoms with Crippen LogP contribution in [-0.4, -0.2) is 34.2 Å². The van der Waals surface area contributed by atoms with Crippen LogP contribution in [0.15, 0.2) is 16.4 Å². The van der Waals surface area contributed by atoms with E-state index in [9.17, 15) is 14.7 Å². The molecule has 90 valence electrons. The van der Waals surface area contributed by atoms with E-state index in [1.165, 1.54) is 6.92 Å². The molecular weight excluding hydrogens is 259 g/mol. The van der Waals surface area contributed by atoms with Crippen LogP contribution in [0, 0.1) is 10.1 Å². The summed E-state index contributed by atoms with van der Waals surface area (Å²) in [5.74, 6) is 0.107. The van der Waals surface area contributed by atoms with Crippen LogP contribution in [0.4, 0.5) is 0 Å². The maximum Gasteiger partial charge on any atom is 0.264 e. The van der Waals surface area contributed by atoms with Crippen LogP contribution in [0.25, 0.3) is 0 Å². The highest BCUT2D eigenvalue weighted by Crippen LogP contribution is 2.57. The zero-order valence-corrected chi connectivity index (χ0v) is 10.1. The molecule has 0 amide bonds. The SMILES string of the molecule is CC1=C([N+](=O)[O-])CP(=O)(OCCCl)C1=NO. The molecule has 0 bridgehead atoms. The zero-order chi connectivity index (χ0) is 12.3. The van der Waals surface area contributed by atoms with Crippen LogP contribution in [0.5, 0.6) is 0 Å². The summed E-state index contributed by atoms with van der Waals surface area (Å²) in [6, 6.07) is 0. The predicted octanol–water partition coefficient (Wildman–Crippen LogP) is 1.87. The molecule has 0 aromatic heterocycles. The fourth-order valence-corrected chi connectivity index (χ4v) is 3.86. The molecule has 0 fully saturated rings. The van der Waals surface area contributed by atoms with Crippen LogP contribution < -0.4 is 0 Å². The Bertz CT molecular complexity index is 419. The van der Waals surface area contributed by atoms with E-state index in [2.05, 4.69) is 5.16 Å². The highest BCUT2D eigenvalue weighted by molar-refractivity contribution is 7.78. The number of oxime groups is 1. The first kappa shape index (κ1) is 13.2. The summed E-state index contributed by atoms with van der Waals surface area (Å²) in [6.45, 7) is 1.35. The van der Waals surface area contributed by atoms with E-state index in [4.69, 9.17) is 21.3 Å². The number of halogens is 1. The third-order valence-electron chi connectivity index (χ3n) is 2.14. The summed E-state index contributed by atoms with van der Waals surface area (Å²) < 4.78 is 17.1. The average Bonchev–Trinajstić information content (AvgIpc) is 2.48.